The number of benzene rings is 2. The van der Waals surface area contributed by atoms with E-state index < -0.39 is 22.2 Å². The molecule has 0 aliphatic heterocycles. The van der Waals surface area contributed by atoms with Gasteiger partial charge in [0.05, 0.1) is 10.5 Å². The highest BCUT2D eigenvalue weighted by molar-refractivity contribution is 5.95. The summed E-state index contributed by atoms with van der Waals surface area (Å²) < 4.78 is 13.6. The predicted octanol–water partition coefficient (Wildman–Crippen LogP) is 2.37. The van der Waals surface area contributed by atoms with Crippen molar-refractivity contribution >= 4 is 11.6 Å². The van der Waals surface area contributed by atoms with Gasteiger partial charge in [0.1, 0.15) is 11.6 Å². The van der Waals surface area contributed by atoms with Crippen molar-refractivity contribution in [3.8, 4) is 5.75 Å². The fraction of sp³-hybridized carbons (Fsp3) is 0.0714. The van der Waals surface area contributed by atoms with Gasteiger partial charge in [0, 0.05) is 24.2 Å². The highest BCUT2D eigenvalue weighted by Crippen LogP contribution is 2.18. The second-order valence-corrected chi connectivity index (χ2v) is 4.23. The van der Waals surface area contributed by atoms with Crippen LogP contribution in [0.1, 0.15) is 15.9 Å². The quantitative estimate of drug-likeness (QED) is 0.668. The van der Waals surface area contributed by atoms with Crippen LogP contribution in [0.4, 0.5) is 10.1 Å². The van der Waals surface area contributed by atoms with Crippen molar-refractivity contribution < 1.29 is 19.2 Å². The van der Waals surface area contributed by atoms with Crippen molar-refractivity contribution in [1.82, 2.24) is 5.32 Å². The normalized spacial score (nSPS) is 10.1. The Kier molecular flexibility index (Phi) is 4.13. The number of phenolic OH excluding ortho intramolecular Hbond substituents is 1. The van der Waals surface area contributed by atoms with E-state index in [2.05, 4.69) is 5.32 Å². The Balaban J connectivity index is 2.15. The maximum atomic E-state index is 13.6. The van der Waals surface area contributed by atoms with Crippen LogP contribution in [0.5, 0.6) is 5.75 Å². The fourth-order valence-electron chi connectivity index (χ4n) is 1.73. The zero-order chi connectivity index (χ0) is 15.4. The summed E-state index contributed by atoms with van der Waals surface area (Å²) in [6, 6.07) is 9.07. The number of halogens is 1. The van der Waals surface area contributed by atoms with Gasteiger partial charge < -0.3 is 10.4 Å². The number of aromatic hydroxyl groups is 1. The van der Waals surface area contributed by atoms with Crippen LogP contribution < -0.4 is 5.32 Å². The van der Waals surface area contributed by atoms with Gasteiger partial charge in [-0.15, -0.1) is 0 Å². The van der Waals surface area contributed by atoms with Gasteiger partial charge in [-0.25, -0.2) is 4.39 Å². The van der Waals surface area contributed by atoms with E-state index in [1.807, 2.05) is 0 Å². The van der Waals surface area contributed by atoms with E-state index in [4.69, 9.17) is 0 Å². The van der Waals surface area contributed by atoms with Gasteiger partial charge in [-0.2, -0.15) is 0 Å². The highest BCUT2D eigenvalue weighted by atomic mass is 19.1. The molecular weight excluding hydrogens is 279 g/mol. The minimum Gasteiger partial charge on any atom is -0.508 e. The Morgan fingerprint density at radius 1 is 1.29 bits per heavy atom. The average Bonchev–Trinajstić information content (AvgIpc) is 2.46. The van der Waals surface area contributed by atoms with Crippen LogP contribution in [-0.2, 0) is 6.54 Å². The minimum atomic E-state index is -0.851. The third kappa shape index (κ3) is 3.33. The largest absolute Gasteiger partial charge is 0.508 e. The second kappa shape index (κ2) is 6.00. The van der Waals surface area contributed by atoms with Crippen molar-refractivity contribution in [3.05, 3.63) is 69.5 Å². The summed E-state index contributed by atoms with van der Waals surface area (Å²) in [7, 11) is 0. The molecule has 0 atom stereocenters. The first-order chi connectivity index (χ1) is 9.99. The maximum absolute atomic E-state index is 13.6. The zero-order valence-electron chi connectivity index (χ0n) is 10.7. The standard InChI is InChI=1S/C14H11FN2O4/c15-12-6-5-10(17(20)21)7-11(12)14(19)16-8-9-3-1-2-4-13(9)18/h1-7,18H,8H2,(H,16,19). The van der Waals surface area contributed by atoms with E-state index in [-0.39, 0.29) is 18.0 Å². The molecule has 0 radical (unpaired) electrons. The molecule has 21 heavy (non-hydrogen) atoms. The maximum Gasteiger partial charge on any atom is 0.270 e. The number of hydrogen-bond donors (Lipinski definition) is 2. The van der Waals surface area contributed by atoms with Crippen LogP contribution in [-0.4, -0.2) is 15.9 Å². The van der Waals surface area contributed by atoms with E-state index >= 15 is 0 Å². The van der Waals surface area contributed by atoms with Crippen LogP contribution in [0.15, 0.2) is 42.5 Å². The molecule has 0 aromatic heterocycles. The summed E-state index contributed by atoms with van der Waals surface area (Å²) in [6.45, 7) is -0.0202. The van der Waals surface area contributed by atoms with Crippen molar-refractivity contribution in [3.63, 3.8) is 0 Å². The molecule has 1 amide bonds. The number of carbonyl (C=O) groups is 1. The first kappa shape index (κ1) is 14.4. The van der Waals surface area contributed by atoms with Crippen molar-refractivity contribution in [1.29, 1.82) is 0 Å². The number of amides is 1. The summed E-state index contributed by atoms with van der Waals surface area (Å²) >= 11 is 0. The molecule has 2 rings (SSSR count). The molecule has 108 valence electrons. The number of non-ortho nitro benzene ring substituents is 1. The Labute approximate surface area is 119 Å². The number of para-hydroxylation sites is 1. The molecule has 6 nitrogen and oxygen atoms in total. The molecular formula is C14H11FN2O4. The lowest BCUT2D eigenvalue weighted by Gasteiger charge is -2.07. The van der Waals surface area contributed by atoms with Gasteiger partial charge in [0.2, 0.25) is 0 Å². The highest BCUT2D eigenvalue weighted by Gasteiger charge is 2.16. The molecule has 2 aromatic carbocycles. The number of nitro groups is 1. The first-order valence-corrected chi connectivity index (χ1v) is 5.98. The van der Waals surface area contributed by atoms with Crippen molar-refractivity contribution in [2.75, 3.05) is 0 Å². The number of phenols is 1. The van der Waals surface area contributed by atoms with Gasteiger partial charge in [0.25, 0.3) is 11.6 Å². The molecule has 0 unspecified atom stereocenters. The molecule has 2 aromatic rings. The zero-order valence-corrected chi connectivity index (χ0v) is 10.7. The van der Waals surface area contributed by atoms with Crippen molar-refractivity contribution in [2.45, 2.75) is 6.54 Å². The van der Waals surface area contributed by atoms with E-state index in [9.17, 15) is 24.4 Å². The van der Waals surface area contributed by atoms with Crippen LogP contribution in [0.3, 0.4) is 0 Å². The molecule has 0 spiro atoms. The summed E-state index contributed by atoms with van der Waals surface area (Å²) in [5.74, 6) is -1.65. The Hall–Kier alpha value is -2.96. The van der Waals surface area contributed by atoms with E-state index in [1.54, 1.807) is 18.2 Å². The SMILES string of the molecule is O=C(NCc1ccccc1O)c1cc([N+](=O)[O-])ccc1F. The Morgan fingerprint density at radius 2 is 2.00 bits per heavy atom. The van der Waals surface area contributed by atoms with Crippen LogP contribution >= 0.6 is 0 Å². The van der Waals surface area contributed by atoms with Gasteiger partial charge in [0.15, 0.2) is 0 Å². The first-order valence-electron chi connectivity index (χ1n) is 5.98. The minimum absolute atomic E-state index is 0.00249. The lowest BCUT2D eigenvalue weighted by Crippen LogP contribution is -2.24. The number of rotatable bonds is 4. The molecule has 0 heterocycles. The lowest BCUT2D eigenvalue weighted by atomic mass is 10.1. The summed E-state index contributed by atoms with van der Waals surface area (Å²) in [4.78, 5) is 21.8. The molecule has 0 aliphatic carbocycles. The number of nitrogens with one attached hydrogen (secondary N) is 1. The summed E-state index contributed by atoms with van der Waals surface area (Å²) in [6.07, 6.45) is 0. The molecule has 0 bridgehead atoms. The van der Waals surface area contributed by atoms with Gasteiger partial charge in [-0.3, -0.25) is 14.9 Å². The molecule has 0 fully saturated rings. The summed E-state index contributed by atoms with van der Waals surface area (Å²) in [5.41, 5.74) is -0.333. The Morgan fingerprint density at radius 3 is 2.67 bits per heavy atom. The molecule has 7 heteroatoms. The second-order valence-electron chi connectivity index (χ2n) is 4.23. The van der Waals surface area contributed by atoms with Crippen LogP contribution in [0.2, 0.25) is 0 Å². The number of nitrogens with zero attached hydrogens (tertiary/aromatic N) is 1. The molecule has 0 aliphatic rings. The summed E-state index contributed by atoms with van der Waals surface area (Å²) in [5, 5.41) is 22.6. The van der Waals surface area contributed by atoms with Crippen molar-refractivity contribution in [2.24, 2.45) is 0 Å². The molecule has 2 N–H and O–H groups in total. The third-order valence-corrected chi connectivity index (χ3v) is 2.84. The average molecular weight is 290 g/mol. The number of nitro benzene ring substituents is 1. The third-order valence-electron chi connectivity index (χ3n) is 2.84. The Bertz CT molecular complexity index is 703. The smallest absolute Gasteiger partial charge is 0.270 e. The van der Waals surface area contributed by atoms with Gasteiger partial charge >= 0.3 is 0 Å². The van der Waals surface area contributed by atoms with Crippen LogP contribution in [0, 0.1) is 15.9 Å². The topological polar surface area (TPSA) is 92.5 Å². The monoisotopic (exact) mass is 290 g/mol. The van der Waals surface area contributed by atoms with E-state index in [0.29, 0.717) is 5.56 Å². The molecule has 0 saturated carbocycles. The molecule has 0 saturated heterocycles. The van der Waals surface area contributed by atoms with E-state index in [0.717, 1.165) is 18.2 Å². The van der Waals surface area contributed by atoms with Gasteiger partial charge in [-0.1, -0.05) is 18.2 Å². The number of carbonyl (C=O) groups excluding carboxylic acids is 1. The van der Waals surface area contributed by atoms with Gasteiger partial charge in [-0.05, 0) is 12.1 Å². The van der Waals surface area contributed by atoms with Crippen LogP contribution in [0.25, 0.3) is 0 Å². The number of hydrogen-bond acceptors (Lipinski definition) is 4. The predicted molar refractivity (Wildman–Crippen MR) is 72.3 cm³/mol. The lowest BCUT2D eigenvalue weighted by molar-refractivity contribution is -0.384. The fourth-order valence-corrected chi connectivity index (χ4v) is 1.73. The van der Waals surface area contributed by atoms with E-state index in [1.165, 1.54) is 6.07 Å².